The van der Waals surface area contributed by atoms with E-state index in [1.807, 2.05) is 0 Å². The Morgan fingerprint density at radius 3 is 2.19 bits per heavy atom. The monoisotopic (exact) mass is 304 g/mol. The number of hydrogen-bond acceptors (Lipinski definition) is 2. The van der Waals surface area contributed by atoms with Crippen LogP contribution in [0.4, 0.5) is 22.0 Å². The van der Waals surface area contributed by atoms with Gasteiger partial charge in [-0.3, -0.25) is 4.98 Å². The van der Waals surface area contributed by atoms with Gasteiger partial charge in [0.25, 0.3) is 0 Å². The number of alkyl halides is 5. The van der Waals surface area contributed by atoms with Crippen LogP contribution in [0.25, 0.3) is 0 Å². The molecule has 0 unspecified atom stereocenters. The van der Waals surface area contributed by atoms with Crippen molar-refractivity contribution in [1.29, 1.82) is 0 Å². The average Bonchev–Trinajstić information content (AvgIpc) is 2.14. The van der Waals surface area contributed by atoms with Crippen LogP contribution in [-0.2, 0) is 0 Å². The van der Waals surface area contributed by atoms with Crippen LogP contribution in [0, 0.1) is 0 Å². The Balaban J connectivity index is 3.07. The number of hydrogen-bond donors (Lipinski definition) is 1. The molecule has 0 fully saturated rings. The van der Waals surface area contributed by atoms with Crippen molar-refractivity contribution in [2.45, 2.75) is 18.1 Å². The number of pyridine rings is 1. The highest BCUT2D eigenvalue weighted by Crippen LogP contribution is 2.43. The molecule has 1 rings (SSSR count). The minimum absolute atomic E-state index is 0.276. The van der Waals surface area contributed by atoms with Crippen molar-refractivity contribution in [3.8, 4) is 0 Å². The Morgan fingerprint density at radius 1 is 1.19 bits per heavy atom. The number of nitrogens with zero attached hydrogens (tertiary/aromatic N) is 1. The zero-order valence-corrected chi connectivity index (χ0v) is 9.19. The van der Waals surface area contributed by atoms with E-state index >= 15 is 0 Å². The first-order valence-electron chi connectivity index (χ1n) is 3.97. The van der Waals surface area contributed by atoms with Gasteiger partial charge in [0.05, 0.1) is 0 Å². The van der Waals surface area contributed by atoms with Gasteiger partial charge in [-0.25, -0.2) is 0 Å². The highest BCUT2D eigenvalue weighted by Gasteiger charge is 2.61. The van der Waals surface area contributed by atoms with Gasteiger partial charge >= 0.3 is 12.1 Å². The maximum Gasteiger partial charge on any atom is 0.455 e. The summed E-state index contributed by atoms with van der Waals surface area (Å²) < 4.78 is 62.0. The molecule has 0 radical (unpaired) electrons. The first-order chi connectivity index (χ1) is 7.16. The molecule has 90 valence electrons. The molecule has 1 atom stereocenters. The van der Waals surface area contributed by atoms with Gasteiger partial charge < -0.3 is 5.73 Å². The normalized spacial score (nSPS) is 14.9. The van der Waals surface area contributed by atoms with E-state index in [-0.39, 0.29) is 4.47 Å². The summed E-state index contributed by atoms with van der Waals surface area (Å²) >= 11 is 2.90. The summed E-state index contributed by atoms with van der Waals surface area (Å²) in [6, 6.07) is -1.41. The van der Waals surface area contributed by atoms with E-state index in [2.05, 4.69) is 20.9 Å². The maximum absolute atomic E-state index is 12.8. The molecule has 2 N–H and O–H groups in total. The molecule has 8 heteroatoms. The summed E-state index contributed by atoms with van der Waals surface area (Å²) in [5.41, 5.74) is 4.51. The number of rotatable bonds is 2. The minimum atomic E-state index is -5.69. The Morgan fingerprint density at radius 2 is 1.75 bits per heavy atom. The minimum Gasteiger partial charge on any atom is -0.319 e. The van der Waals surface area contributed by atoms with Gasteiger partial charge in [0.1, 0.15) is 6.04 Å². The molecule has 0 amide bonds. The molecule has 0 bridgehead atoms. The zero-order chi connectivity index (χ0) is 12.6. The molecule has 0 saturated carbocycles. The van der Waals surface area contributed by atoms with Crippen LogP contribution in [0.3, 0.4) is 0 Å². The van der Waals surface area contributed by atoms with E-state index in [9.17, 15) is 22.0 Å². The van der Waals surface area contributed by atoms with Crippen LogP contribution < -0.4 is 5.73 Å². The van der Waals surface area contributed by atoms with Crippen molar-refractivity contribution in [3.63, 3.8) is 0 Å². The Bertz CT molecular complexity index is 379. The van der Waals surface area contributed by atoms with Gasteiger partial charge in [-0.05, 0) is 27.6 Å². The number of nitrogens with two attached hydrogens (primary N) is 1. The maximum atomic E-state index is 12.8. The molecule has 0 aromatic carbocycles. The van der Waals surface area contributed by atoms with Crippen molar-refractivity contribution < 1.29 is 22.0 Å². The van der Waals surface area contributed by atoms with E-state index in [0.717, 1.165) is 12.3 Å². The van der Waals surface area contributed by atoms with Crippen LogP contribution in [0.2, 0.25) is 0 Å². The molecule has 16 heavy (non-hydrogen) atoms. The van der Waals surface area contributed by atoms with E-state index < -0.39 is 23.7 Å². The van der Waals surface area contributed by atoms with Crippen molar-refractivity contribution in [3.05, 3.63) is 28.5 Å². The second-order valence-corrected chi connectivity index (χ2v) is 3.95. The summed E-state index contributed by atoms with van der Waals surface area (Å²) in [6.07, 6.45) is -3.56. The lowest BCUT2D eigenvalue weighted by atomic mass is 10.0. The summed E-state index contributed by atoms with van der Waals surface area (Å²) in [6.45, 7) is 0. The fourth-order valence-electron chi connectivity index (χ4n) is 0.984. The van der Waals surface area contributed by atoms with Gasteiger partial charge in [-0.1, -0.05) is 0 Å². The molecule has 2 nitrogen and oxygen atoms in total. The summed E-state index contributed by atoms with van der Waals surface area (Å²) in [4.78, 5) is 3.47. The topological polar surface area (TPSA) is 38.9 Å². The molecule has 0 spiro atoms. The third-order valence-electron chi connectivity index (χ3n) is 1.85. The van der Waals surface area contributed by atoms with Crippen LogP contribution in [0.15, 0.2) is 22.9 Å². The predicted octanol–water partition coefficient (Wildman–Crippen LogP) is 3.04. The SMILES string of the molecule is N[C@H](c1cncc(Br)c1)C(F)(F)C(F)(F)F. The van der Waals surface area contributed by atoms with Gasteiger partial charge in [0.2, 0.25) is 0 Å². The van der Waals surface area contributed by atoms with Crippen LogP contribution in [-0.4, -0.2) is 17.1 Å². The second kappa shape index (κ2) is 4.25. The van der Waals surface area contributed by atoms with E-state index in [1.54, 1.807) is 0 Å². The molecule has 1 aromatic rings. The fraction of sp³-hybridized carbons (Fsp3) is 0.375. The third-order valence-corrected chi connectivity index (χ3v) is 2.29. The molecule has 1 aromatic heterocycles. The summed E-state index contributed by atoms with van der Waals surface area (Å²) in [5, 5.41) is 0. The largest absolute Gasteiger partial charge is 0.455 e. The highest BCUT2D eigenvalue weighted by atomic mass is 79.9. The lowest BCUT2D eigenvalue weighted by molar-refractivity contribution is -0.291. The molecule has 1 heterocycles. The quantitative estimate of drug-likeness (QED) is 0.853. The molecule has 0 saturated heterocycles. The van der Waals surface area contributed by atoms with Crippen molar-refractivity contribution in [1.82, 2.24) is 4.98 Å². The smallest absolute Gasteiger partial charge is 0.319 e. The lowest BCUT2D eigenvalue weighted by Crippen LogP contribution is -2.45. The van der Waals surface area contributed by atoms with E-state index in [1.165, 1.54) is 6.20 Å². The standard InChI is InChI=1S/C8H6BrF5N2/c9-5-1-4(2-16-3-5)6(15)7(10,11)8(12,13)14/h1-3,6H,15H2/t6-/m1/s1. The Kier molecular flexibility index (Phi) is 3.53. The van der Waals surface area contributed by atoms with Crippen LogP contribution in [0.5, 0.6) is 0 Å². The summed E-state index contributed by atoms with van der Waals surface area (Å²) in [7, 11) is 0. The van der Waals surface area contributed by atoms with E-state index in [4.69, 9.17) is 5.73 Å². The van der Waals surface area contributed by atoms with Crippen molar-refractivity contribution in [2.24, 2.45) is 5.73 Å². The molecular weight excluding hydrogens is 299 g/mol. The van der Waals surface area contributed by atoms with Gasteiger partial charge in [-0.2, -0.15) is 22.0 Å². The average molecular weight is 305 g/mol. The highest BCUT2D eigenvalue weighted by molar-refractivity contribution is 9.10. The van der Waals surface area contributed by atoms with Gasteiger partial charge in [0, 0.05) is 16.9 Å². The first-order valence-corrected chi connectivity index (χ1v) is 4.76. The van der Waals surface area contributed by atoms with Crippen molar-refractivity contribution >= 4 is 15.9 Å². The fourth-order valence-corrected chi connectivity index (χ4v) is 1.37. The zero-order valence-electron chi connectivity index (χ0n) is 7.60. The van der Waals surface area contributed by atoms with Gasteiger partial charge in [-0.15, -0.1) is 0 Å². The Labute approximate surface area is 95.8 Å². The summed E-state index contributed by atoms with van der Waals surface area (Å²) in [5.74, 6) is -4.99. The predicted molar refractivity (Wildman–Crippen MR) is 49.9 cm³/mol. The van der Waals surface area contributed by atoms with Gasteiger partial charge in [0.15, 0.2) is 0 Å². The number of halogens is 6. The molecule has 0 aliphatic rings. The lowest BCUT2D eigenvalue weighted by Gasteiger charge is -2.25. The van der Waals surface area contributed by atoms with E-state index in [0.29, 0.717) is 0 Å². The van der Waals surface area contributed by atoms with Crippen LogP contribution in [0.1, 0.15) is 11.6 Å². The molecular formula is C8H6BrF5N2. The molecule has 0 aliphatic carbocycles. The first kappa shape index (κ1) is 13.3. The van der Waals surface area contributed by atoms with Crippen LogP contribution >= 0.6 is 15.9 Å². The third kappa shape index (κ3) is 2.49. The Hall–Kier alpha value is -0.760. The van der Waals surface area contributed by atoms with Crippen molar-refractivity contribution in [2.75, 3.05) is 0 Å². The number of aromatic nitrogens is 1. The second-order valence-electron chi connectivity index (χ2n) is 3.03. The molecule has 0 aliphatic heterocycles.